The van der Waals surface area contributed by atoms with Crippen molar-refractivity contribution < 1.29 is 14.6 Å². The minimum absolute atomic E-state index is 0. The number of hydrogen-bond acceptors (Lipinski definition) is 4. The largest absolute Gasteiger partial charge is 0.508 e. The molecule has 0 bridgehead atoms. The van der Waals surface area contributed by atoms with Crippen LogP contribution in [-0.2, 0) is 21.4 Å². The van der Waals surface area contributed by atoms with E-state index in [0.29, 0.717) is 5.75 Å². The second kappa shape index (κ2) is 7.55. The zero-order valence-corrected chi connectivity index (χ0v) is 16.3. The summed E-state index contributed by atoms with van der Waals surface area (Å²) < 4.78 is 6.08. The molecule has 1 fully saturated rings. The Kier molecular flexibility index (Phi) is 6.05. The highest BCUT2D eigenvalue weighted by Crippen LogP contribution is 2.57. The quantitative estimate of drug-likeness (QED) is 0.822. The maximum Gasteiger partial charge on any atom is 0.303 e. The molecule has 4 nitrogen and oxygen atoms in total. The first-order valence-electron chi connectivity index (χ1n) is 9.05. The Bertz CT molecular complexity index is 633. The molecule has 2 aliphatic carbocycles. The molecule has 2 atom stereocenters. The zero-order chi connectivity index (χ0) is 17.4. The summed E-state index contributed by atoms with van der Waals surface area (Å²) in [5.74, 6) is 0.122. The number of fused-ring (bicyclic) bond motifs is 3. The lowest BCUT2D eigenvalue weighted by molar-refractivity contribution is -0.177. The van der Waals surface area contributed by atoms with Gasteiger partial charge in [0.25, 0.3) is 0 Å². The Labute approximate surface area is 157 Å². The Hall–Kier alpha value is -1.26. The Morgan fingerprint density at radius 1 is 1.24 bits per heavy atom. The van der Waals surface area contributed by atoms with Crippen LogP contribution in [0.5, 0.6) is 5.75 Å². The highest BCUT2D eigenvalue weighted by molar-refractivity contribution is 5.85. The summed E-state index contributed by atoms with van der Waals surface area (Å²) in [6.07, 6.45) is 6.94. The third-order valence-corrected chi connectivity index (χ3v) is 6.04. The SMILES string of the molecule is CC(=O)OC12CCCC[C@]1(CCN(C)C)c1cc(O)ccc1CC2.Cl. The van der Waals surface area contributed by atoms with Gasteiger partial charge in [0.15, 0.2) is 0 Å². The van der Waals surface area contributed by atoms with E-state index in [0.717, 1.165) is 51.5 Å². The summed E-state index contributed by atoms with van der Waals surface area (Å²) in [5, 5.41) is 10.1. The van der Waals surface area contributed by atoms with Crippen molar-refractivity contribution in [2.75, 3.05) is 20.6 Å². The third-order valence-electron chi connectivity index (χ3n) is 6.04. The number of phenolic OH excluding ortho intramolecular Hbond substituents is 1. The molecular weight excluding hydrogens is 338 g/mol. The summed E-state index contributed by atoms with van der Waals surface area (Å²) in [7, 11) is 4.17. The van der Waals surface area contributed by atoms with Crippen LogP contribution in [0.1, 0.15) is 56.6 Å². The van der Waals surface area contributed by atoms with Gasteiger partial charge in [0.1, 0.15) is 11.4 Å². The van der Waals surface area contributed by atoms with Crippen molar-refractivity contribution in [3.05, 3.63) is 29.3 Å². The Morgan fingerprint density at radius 3 is 2.64 bits per heavy atom. The minimum Gasteiger partial charge on any atom is -0.508 e. The Morgan fingerprint density at radius 2 is 1.96 bits per heavy atom. The molecule has 1 aromatic rings. The number of benzene rings is 1. The average molecular weight is 368 g/mol. The van der Waals surface area contributed by atoms with Crippen LogP contribution in [0.4, 0.5) is 0 Å². The fraction of sp³-hybridized carbons (Fsp3) is 0.650. The first kappa shape index (κ1) is 20.1. The molecule has 0 amide bonds. The number of esters is 1. The van der Waals surface area contributed by atoms with Gasteiger partial charge in [-0.25, -0.2) is 0 Å². The van der Waals surface area contributed by atoms with Gasteiger partial charge in [0.2, 0.25) is 0 Å². The molecule has 0 aromatic heterocycles. The molecule has 140 valence electrons. The molecule has 5 heteroatoms. The lowest BCUT2D eigenvalue weighted by atomic mass is 9.53. The number of carbonyl (C=O) groups excluding carboxylic acids is 1. The molecule has 1 N–H and O–H groups in total. The molecule has 1 aromatic carbocycles. The monoisotopic (exact) mass is 367 g/mol. The van der Waals surface area contributed by atoms with E-state index in [-0.39, 0.29) is 23.8 Å². The summed E-state index contributed by atoms with van der Waals surface area (Å²) in [4.78, 5) is 14.1. The number of nitrogens with zero attached hydrogens (tertiary/aromatic N) is 1. The topological polar surface area (TPSA) is 49.8 Å². The number of halogens is 1. The van der Waals surface area contributed by atoms with Crippen molar-refractivity contribution in [3.8, 4) is 5.75 Å². The van der Waals surface area contributed by atoms with Crippen LogP contribution in [0.15, 0.2) is 18.2 Å². The molecule has 2 aliphatic rings. The van der Waals surface area contributed by atoms with Crippen LogP contribution in [0, 0.1) is 0 Å². The van der Waals surface area contributed by atoms with E-state index in [1.807, 2.05) is 12.1 Å². The highest BCUT2D eigenvalue weighted by atomic mass is 35.5. The number of phenols is 1. The second-order valence-corrected chi connectivity index (χ2v) is 7.77. The van der Waals surface area contributed by atoms with E-state index in [4.69, 9.17) is 4.74 Å². The molecular formula is C20H30ClNO3. The van der Waals surface area contributed by atoms with Gasteiger partial charge in [-0.15, -0.1) is 12.4 Å². The van der Waals surface area contributed by atoms with Gasteiger partial charge in [-0.2, -0.15) is 0 Å². The van der Waals surface area contributed by atoms with E-state index in [9.17, 15) is 9.90 Å². The number of hydrogen-bond donors (Lipinski definition) is 1. The normalized spacial score (nSPS) is 27.8. The zero-order valence-electron chi connectivity index (χ0n) is 15.5. The fourth-order valence-electron chi connectivity index (χ4n) is 4.99. The van der Waals surface area contributed by atoms with Crippen LogP contribution in [0.2, 0.25) is 0 Å². The number of carbonyl (C=O) groups is 1. The van der Waals surface area contributed by atoms with Gasteiger partial charge in [0.05, 0.1) is 0 Å². The van der Waals surface area contributed by atoms with Crippen molar-refractivity contribution in [1.29, 1.82) is 0 Å². The first-order chi connectivity index (χ1) is 11.4. The number of aromatic hydroxyl groups is 1. The van der Waals surface area contributed by atoms with Crippen LogP contribution in [0.3, 0.4) is 0 Å². The first-order valence-corrected chi connectivity index (χ1v) is 9.05. The van der Waals surface area contributed by atoms with E-state index in [2.05, 4.69) is 19.0 Å². The standard InChI is InChI=1S/C20H29NO3.ClH/c1-15(22)24-20-10-5-4-9-19(20,12-13-21(2)3)18-14-17(23)7-6-16(18)8-11-20;/h6-7,14,23H,4-5,8-13H2,1-3H3;1H/t19-,20?;/m0./s1. The summed E-state index contributed by atoms with van der Waals surface area (Å²) in [5.41, 5.74) is 1.90. The summed E-state index contributed by atoms with van der Waals surface area (Å²) in [6.45, 7) is 2.47. The Balaban J connectivity index is 0.00000225. The number of ether oxygens (including phenoxy) is 1. The maximum absolute atomic E-state index is 11.9. The number of aryl methyl sites for hydroxylation is 1. The molecule has 1 saturated carbocycles. The van der Waals surface area contributed by atoms with Crippen molar-refractivity contribution in [2.45, 2.75) is 62.9 Å². The van der Waals surface area contributed by atoms with Crippen LogP contribution >= 0.6 is 12.4 Å². The van der Waals surface area contributed by atoms with Crippen LogP contribution in [-0.4, -0.2) is 42.2 Å². The lowest BCUT2D eigenvalue weighted by Crippen LogP contribution is -2.59. The lowest BCUT2D eigenvalue weighted by Gasteiger charge is -2.56. The van der Waals surface area contributed by atoms with E-state index < -0.39 is 5.60 Å². The molecule has 0 heterocycles. The summed E-state index contributed by atoms with van der Waals surface area (Å²) >= 11 is 0. The molecule has 25 heavy (non-hydrogen) atoms. The van der Waals surface area contributed by atoms with Gasteiger partial charge in [-0.1, -0.05) is 12.5 Å². The van der Waals surface area contributed by atoms with Gasteiger partial charge >= 0.3 is 5.97 Å². The molecule has 0 radical (unpaired) electrons. The fourth-order valence-corrected chi connectivity index (χ4v) is 4.99. The van der Waals surface area contributed by atoms with Gasteiger partial charge in [-0.3, -0.25) is 4.79 Å². The molecule has 0 aliphatic heterocycles. The minimum atomic E-state index is -0.423. The predicted molar refractivity (Wildman–Crippen MR) is 101 cm³/mol. The van der Waals surface area contributed by atoms with Crippen molar-refractivity contribution in [1.82, 2.24) is 4.90 Å². The van der Waals surface area contributed by atoms with Gasteiger partial charge < -0.3 is 14.7 Å². The molecule has 0 spiro atoms. The second-order valence-electron chi connectivity index (χ2n) is 7.77. The maximum atomic E-state index is 11.9. The van der Waals surface area contributed by atoms with Crippen molar-refractivity contribution in [3.63, 3.8) is 0 Å². The predicted octanol–water partition coefficient (Wildman–Crippen LogP) is 3.83. The highest BCUT2D eigenvalue weighted by Gasteiger charge is 2.58. The van der Waals surface area contributed by atoms with E-state index in [1.54, 1.807) is 6.07 Å². The third kappa shape index (κ3) is 3.52. The van der Waals surface area contributed by atoms with Crippen molar-refractivity contribution in [2.24, 2.45) is 0 Å². The van der Waals surface area contributed by atoms with E-state index >= 15 is 0 Å². The summed E-state index contributed by atoms with van der Waals surface area (Å²) in [6, 6.07) is 5.75. The van der Waals surface area contributed by atoms with E-state index in [1.165, 1.54) is 18.1 Å². The van der Waals surface area contributed by atoms with Crippen LogP contribution < -0.4 is 0 Å². The van der Waals surface area contributed by atoms with Crippen molar-refractivity contribution >= 4 is 18.4 Å². The average Bonchev–Trinajstić information content (AvgIpc) is 2.52. The van der Waals surface area contributed by atoms with Crippen LogP contribution in [0.25, 0.3) is 0 Å². The molecule has 3 rings (SSSR count). The smallest absolute Gasteiger partial charge is 0.303 e. The van der Waals surface area contributed by atoms with Gasteiger partial charge in [0, 0.05) is 12.3 Å². The molecule has 0 saturated heterocycles. The van der Waals surface area contributed by atoms with Gasteiger partial charge in [-0.05, 0) is 82.4 Å². The molecule has 1 unspecified atom stereocenters. The number of rotatable bonds is 4.